The first-order valence-corrected chi connectivity index (χ1v) is 5.47. The molecular formula is C13H16N2O2. The molecule has 0 atom stereocenters. The van der Waals surface area contributed by atoms with Crippen LogP contribution >= 0.6 is 0 Å². The summed E-state index contributed by atoms with van der Waals surface area (Å²) < 4.78 is 0. The summed E-state index contributed by atoms with van der Waals surface area (Å²) in [6.07, 6.45) is 1.92. The van der Waals surface area contributed by atoms with Gasteiger partial charge in [-0.1, -0.05) is 24.8 Å². The van der Waals surface area contributed by atoms with Crippen LogP contribution in [0, 0.1) is 0 Å². The molecule has 1 aromatic rings. The van der Waals surface area contributed by atoms with Gasteiger partial charge in [-0.05, 0) is 24.6 Å². The minimum Gasteiger partial charge on any atom is -0.353 e. The van der Waals surface area contributed by atoms with Crippen molar-refractivity contribution in [3.63, 3.8) is 0 Å². The van der Waals surface area contributed by atoms with Gasteiger partial charge in [0.25, 0.3) is 5.91 Å². The van der Waals surface area contributed by atoms with E-state index in [1.165, 1.54) is 6.08 Å². The molecule has 17 heavy (non-hydrogen) atoms. The highest BCUT2D eigenvalue weighted by Crippen LogP contribution is 1.97. The molecule has 0 bridgehead atoms. The molecule has 0 aliphatic heterocycles. The summed E-state index contributed by atoms with van der Waals surface area (Å²) >= 11 is 0. The van der Waals surface area contributed by atoms with Crippen LogP contribution in [0.3, 0.4) is 0 Å². The molecule has 0 fully saturated rings. The van der Waals surface area contributed by atoms with Crippen molar-refractivity contribution >= 4 is 11.8 Å². The van der Waals surface area contributed by atoms with E-state index in [4.69, 9.17) is 0 Å². The van der Waals surface area contributed by atoms with Gasteiger partial charge in [-0.2, -0.15) is 0 Å². The SMILES string of the molecule is C=CC(=O)NCCCNC(=O)c1ccccc1. The van der Waals surface area contributed by atoms with Crippen LogP contribution in [0.5, 0.6) is 0 Å². The lowest BCUT2D eigenvalue weighted by atomic mass is 10.2. The first-order valence-electron chi connectivity index (χ1n) is 5.47. The van der Waals surface area contributed by atoms with Crippen LogP contribution in [-0.2, 0) is 4.79 Å². The fourth-order valence-corrected chi connectivity index (χ4v) is 1.27. The zero-order valence-electron chi connectivity index (χ0n) is 9.61. The quantitative estimate of drug-likeness (QED) is 0.570. The third-order valence-corrected chi connectivity index (χ3v) is 2.16. The molecule has 0 unspecified atom stereocenters. The Morgan fingerprint density at radius 1 is 1.12 bits per heavy atom. The second kappa shape index (κ2) is 7.22. The van der Waals surface area contributed by atoms with Gasteiger partial charge in [0.1, 0.15) is 0 Å². The molecule has 0 aliphatic rings. The Bertz CT molecular complexity index is 388. The van der Waals surface area contributed by atoms with Gasteiger partial charge in [-0.25, -0.2) is 0 Å². The maximum atomic E-state index is 11.6. The number of carbonyl (C=O) groups excluding carboxylic acids is 2. The smallest absolute Gasteiger partial charge is 0.251 e. The van der Waals surface area contributed by atoms with E-state index in [1.807, 2.05) is 18.2 Å². The maximum Gasteiger partial charge on any atom is 0.251 e. The molecule has 0 aliphatic carbocycles. The molecule has 1 aromatic carbocycles. The lowest BCUT2D eigenvalue weighted by molar-refractivity contribution is -0.116. The lowest BCUT2D eigenvalue weighted by Crippen LogP contribution is -2.29. The van der Waals surface area contributed by atoms with Gasteiger partial charge < -0.3 is 10.6 Å². The highest BCUT2D eigenvalue weighted by atomic mass is 16.2. The molecule has 0 heterocycles. The van der Waals surface area contributed by atoms with Crippen molar-refractivity contribution in [2.24, 2.45) is 0 Å². The van der Waals surface area contributed by atoms with E-state index >= 15 is 0 Å². The van der Waals surface area contributed by atoms with Crippen LogP contribution in [0.2, 0.25) is 0 Å². The predicted molar refractivity (Wildman–Crippen MR) is 66.6 cm³/mol. The lowest BCUT2D eigenvalue weighted by Gasteiger charge is -2.05. The molecule has 0 saturated heterocycles. The van der Waals surface area contributed by atoms with Crippen LogP contribution in [0.4, 0.5) is 0 Å². The van der Waals surface area contributed by atoms with Crippen molar-refractivity contribution in [2.45, 2.75) is 6.42 Å². The summed E-state index contributed by atoms with van der Waals surface area (Å²) in [5, 5.41) is 5.41. The highest BCUT2D eigenvalue weighted by Gasteiger charge is 2.02. The Morgan fingerprint density at radius 2 is 1.76 bits per heavy atom. The minimum absolute atomic E-state index is 0.0966. The molecule has 1 rings (SSSR count). The number of carbonyl (C=O) groups is 2. The number of hydrogen-bond donors (Lipinski definition) is 2. The van der Waals surface area contributed by atoms with Gasteiger partial charge in [0.05, 0.1) is 0 Å². The molecule has 4 nitrogen and oxygen atoms in total. The molecule has 90 valence electrons. The number of nitrogens with one attached hydrogen (secondary N) is 2. The van der Waals surface area contributed by atoms with Gasteiger partial charge in [0.15, 0.2) is 0 Å². The summed E-state index contributed by atoms with van der Waals surface area (Å²) in [6.45, 7) is 4.41. The summed E-state index contributed by atoms with van der Waals surface area (Å²) in [4.78, 5) is 22.4. The van der Waals surface area contributed by atoms with Crippen LogP contribution in [0.25, 0.3) is 0 Å². The van der Waals surface area contributed by atoms with Crippen molar-refractivity contribution in [1.29, 1.82) is 0 Å². The molecule has 0 saturated carbocycles. The number of hydrogen-bond acceptors (Lipinski definition) is 2. The second-order valence-electron chi connectivity index (χ2n) is 3.47. The predicted octanol–water partition coefficient (Wildman–Crippen LogP) is 1.11. The Hall–Kier alpha value is -2.10. The third kappa shape index (κ3) is 4.97. The van der Waals surface area contributed by atoms with E-state index in [-0.39, 0.29) is 11.8 Å². The number of benzene rings is 1. The van der Waals surface area contributed by atoms with Gasteiger partial charge in [-0.3, -0.25) is 9.59 Å². The van der Waals surface area contributed by atoms with Gasteiger partial charge in [0.2, 0.25) is 5.91 Å². The first kappa shape index (κ1) is 13.0. The van der Waals surface area contributed by atoms with E-state index in [2.05, 4.69) is 17.2 Å². The molecule has 4 heteroatoms. The minimum atomic E-state index is -0.195. The average Bonchev–Trinajstić information content (AvgIpc) is 2.38. The second-order valence-corrected chi connectivity index (χ2v) is 3.47. The fourth-order valence-electron chi connectivity index (χ4n) is 1.27. The van der Waals surface area contributed by atoms with Crippen molar-refractivity contribution in [2.75, 3.05) is 13.1 Å². The van der Waals surface area contributed by atoms with Crippen molar-refractivity contribution in [3.8, 4) is 0 Å². The molecule has 2 N–H and O–H groups in total. The van der Waals surface area contributed by atoms with Crippen LogP contribution < -0.4 is 10.6 Å². The summed E-state index contributed by atoms with van der Waals surface area (Å²) in [6, 6.07) is 9.02. The molecule has 0 aromatic heterocycles. The van der Waals surface area contributed by atoms with E-state index in [0.717, 1.165) is 0 Å². The van der Waals surface area contributed by atoms with Crippen molar-refractivity contribution < 1.29 is 9.59 Å². The number of amides is 2. The van der Waals surface area contributed by atoms with Gasteiger partial charge in [0, 0.05) is 18.7 Å². The maximum absolute atomic E-state index is 11.6. The monoisotopic (exact) mass is 232 g/mol. The molecule has 0 spiro atoms. The normalized spacial score (nSPS) is 9.41. The van der Waals surface area contributed by atoms with Crippen LogP contribution in [0.15, 0.2) is 43.0 Å². The third-order valence-electron chi connectivity index (χ3n) is 2.16. The molecule has 0 radical (unpaired) electrons. The summed E-state index contributed by atoms with van der Waals surface area (Å²) in [7, 11) is 0. The van der Waals surface area contributed by atoms with E-state index < -0.39 is 0 Å². The van der Waals surface area contributed by atoms with E-state index in [9.17, 15) is 9.59 Å². The van der Waals surface area contributed by atoms with Gasteiger partial charge >= 0.3 is 0 Å². The zero-order chi connectivity index (χ0) is 12.5. The Balaban J connectivity index is 2.17. The molecule has 2 amide bonds. The standard InChI is InChI=1S/C13H16N2O2/c1-2-12(16)14-9-6-10-15-13(17)11-7-4-3-5-8-11/h2-5,7-8H,1,6,9-10H2,(H,14,16)(H,15,17). The zero-order valence-corrected chi connectivity index (χ0v) is 9.61. The van der Waals surface area contributed by atoms with E-state index in [1.54, 1.807) is 12.1 Å². The Kier molecular flexibility index (Phi) is 5.51. The average molecular weight is 232 g/mol. The van der Waals surface area contributed by atoms with Crippen molar-refractivity contribution in [3.05, 3.63) is 48.6 Å². The van der Waals surface area contributed by atoms with Gasteiger partial charge in [-0.15, -0.1) is 0 Å². The fraction of sp³-hybridized carbons (Fsp3) is 0.231. The highest BCUT2D eigenvalue weighted by molar-refractivity contribution is 5.94. The topological polar surface area (TPSA) is 58.2 Å². The van der Waals surface area contributed by atoms with Crippen LogP contribution in [0.1, 0.15) is 16.8 Å². The van der Waals surface area contributed by atoms with E-state index in [0.29, 0.717) is 25.1 Å². The summed E-state index contributed by atoms with van der Waals surface area (Å²) in [5.41, 5.74) is 0.641. The Morgan fingerprint density at radius 3 is 2.41 bits per heavy atom. The Labute approximate surface area is 101 Å². The molecular weight excluding hydrogens is 216 g/mol. The van der Waals surface area contributed by atoms with Crippen molar-refractivity contribution in [1.82, 2.24) is 10.6 Å². The largest absolute Gasteiger partial charge is 0.353 e. The van der Waals surface area contributed by atoms with Crippen LogP contribution in [-0.4, -0.2) is 24.9 Å². The number of rotatable bonds is 6. The first-order chi connectivity index (χ1) is 8.24. The summed E-state index contributed by atoms with van der Waals surface area (Å²) in [5.74, 6) is -0.292.